The van der Waals surface area contributed by atoms with E-state index in [-0.39, 0.29) is 11.3 Å². The first-order chi connectivity index (χ1) is 5.54. The molecule has 0 saturated carbocycles. The summed E-state index contributed by atoms with van der Waals surface area (Å²) >= 11 is 0. The lowest BCUT2D eigenvalue weighted by atomic mass is 10.1. The minimum absolute atomic E-state index is 0.0370. The molecule has 12 heavy (non-hydrogen) atoms. The summed E-state index contributed by atoms with van der Waals surface area (Å²) in [4.78, 5) is 0. The highest BCUT2D eigenvalue weighted by molar-refractivity contribution is 5.45. The number of rotatable bonds is 1. The number of benzene rings is 1. The fraction of sp³-hybridized carbons (Fsp3) is 0.250. The van der Waals surface area contributed by atoms with Gasteiger partial charge in [0.1, 0.15) is 5.75 Å². The molecule has 0 heterocycles. The van der Waals surface area contributed by atoms with Gasteiger partial charge in [-0.1, -0.05) is 0 Å². The lowest BCUT2D eigenvalue weighted by Gasteiger charge is -2.10. The SMILES string of the molecule is CC(N)c1c(O)ccc(F)c1O. The van der Waals surface area contributed by atoms with Crippen molar-refractivity contribution in [3.05, 3.63) is 23.5 Å². The van der Waals surface area contributed by atoms with Crippen LogP contribution in [0.1, 0.15) is 18.5 Å². The topological polar surface area (TPSA) is 66.5 Å². The molecule has 0 saturated heterocycles. The van der Waals surface area contributed by atoms with Crippen molar-refractivity contribution in [2.24, 2.45) is 5.73 Å². The summed E-state index contributed by atoms with van der Waals surface area (Å²) in [5.41, 5.74) is 5.43. The molecule has 4 heteroatoms. The number of phenolic OH excluding ortho intramolecular Hbond substituents is 2. The summed E-state index contributed by atoms with van der Waals surface area (Å²) in [6.45, 7) is 1.55. The van der Waals surface area contributed by atoms with Crippen molar-refractivity contribution in [1.29, 1.82) is 0 Å². The van der Waals surface area contributed by atoms with E-state index in [4.69, 9.17) is 10.8 Å². The first-order valence-electron chi connectivity index (χ1n) is 3.50. The van der Waals surface area contributed by atoms with Crippen LogP contribution in [0.25, 0.3) is 0 Å². The largest absolute Gasteiger partial charge is 0.507 e. The Morgan fingerprint density at radius 3 is 2.42 bits per heavy atom. The van der Waals surface area contributed by atoms with Gasteiger partial charge in [0.05, 0.1) is 5.56 Å². The van der Waals surface area contributed by atoms with Crippen LogP contribution in [0, 0.1) is 5.82 Å². The summed E-state index contributed by atoms with van der Waals surface area (Å²) in [6, 6.07) is 1.55. The molecule has 0 bridgehead atoms. The number of hydrogen-bond donors (Lipinski definition) is 3. The number of aromatic hydroxyl groups is 2. The van der Waals surface area contributed by atoms with Crippen molar-refractivity contribution in [3.63, 3.8) is 0 Å². The second-order valence-corrected chi connectivity index (χ2v) is 2.62. The van der Waals surface area contributed by atoms with Gasteiger partial charge < -0.3 is 15.9 Å². The van der Waals surface area contributed by atoms with E-state index in [9.17, 15) is 9.50 Å². The van der Waals surface area contributed by atoms with Crippen LogP contribution in [-0.2, 0) is 0 Å². The van der Waals surface area contributed by atoms with Crippen LogP contribution in [-0.4, -0.2) is 10.2 Å². The molecule has 0 aromatic heterocycles. The van der Waals surface area contributed by atoms with Gasteiger partial charge in [0, 0.05) is 6.04 Å². The van der Waals surface area contributed by atoms with Crippen LogP contribution in [0.3, 0.4) is 0 Å². The monoisotopic (exact) mass is 171 g/mol. The van der Waals surface area contributed by atoms with Crippen LogP contribution in [0.4, 0.5) is 4.39 Å². The Morgan fingerprint density at radius 2 is 2.00 bits per heavy atom. The molecule has 1 aromatic carbocycles. The van der Waals surface area contributed by atoms with Gasteiger partial charge in [0.2, 0.25) is 0 Å². The highest BCUT2D eigenvalue weighted by Gasteiger charge is 2.14. The van der Waals surface area contributed by atoms with Gasteiger partial charge in [-0.15, -0.1) is 0 Å². The molecule has 66 valence electrons. The normalized spacial score (nSPS) is 12.9. The third kappa shape index (κ3) is 1.33. The molecule has 0 amide bonds. The van der Waals surface area contributed by atoms with E-state index >= 15 is 0 Å². The van der Waals surface area contributed by atoms with Crippen molar-refractivity contribution < 1.29 is 14.6 Å². The maximum absolute atomic E-state index is 12.7. The molecule has 0 fully saturated rings. The molecule has 0 radical (unpaired) electrons. The van der Waals surface area contributed by atoms with E-state index in [1.807, 2.05) is 0 Å². The lowest BCUT2D eigenvalue weighted by Crippen LogP contribution is -2.06. The molecule has 1 rings (SSSR count). The van der Waals surface area contributed by atoms with E-state index < -0.39 is 17.6 Å². The quantitative estimate of drug-likeness (QED) is 0.595. The molecule has 1 aromatic rings. The highest BCUT2D eigenvalue weighted by atomic mass is 19.1. The predicted molar refractivity (Wildman–Crippen MR) is 42.3 cm³/mol. The summed E-state index contributed by atoms with van der Waals surface area (Å²) < 4.78 is 12.7. The van der Waals surface area contributed by atoms with E-state index in [0.29, 0.717) is 0 Å². The standard InChI is InChI=1S/C8H10FNO2/c1-4(10)7-6(11)3-2-5(9)8(7)12/h2-4,11-12H,10H2,1H3. The molecule has 0 spiro atoms. The second kappa shape index (κ2) is 2.98. The minimum Gasteiger partial charge on any atom is -0.507 e. The van der Waals surface area contributed by atoms with E-state index in [2.05, 4.69) is 0 Å². The van der Waals surface area contributed by atoms with Crippen LogP contribution in [0.5, 0.6) is 11.5 Å². The Kier molecular flexibility index (Phi) is 2.19. The molecular weight excluding hydrogens is 161 g/mol. The average Bonchev–Trinajstić information content (AvgIpc) is 1.97. The third-order valence-corrected chi connectivity index (χ3v) is 1.60. The van der Waals surface area contributed by atoms with Gasteiger partial charge in [0.25, 0.3) is 0 Å². The number of phenols is 2. The van der Waals surface area contributed by atoms with Crippen LogP contribution in [0.15, 0.2) is 12.1 Å². The van der Waals surface area contributed by atoms with Crippen LogP contribution < -0.4 is 5.73 Å². The van der Waals surface area contributed by atoms with Crippen molar-refractivity contribution in [2.45, 2.75) is 13.0 Å². The van der Waals surface area contributed by atoms with Crippen molar-refractivity contribution in [3.8, 4) is 11.5 Å². The average molecular weight is 171 g/mol. The Bertz CT molecular complexity index is 299. The highest BCUT2D eigenvalue weighted by Crippen LogP contribution is 2.33. The zero-order chi connectivity index (χ0) is 9.30. The third-order valence-electron chi connectivity index (χ3n) is 1.60. The summed E-state index contributed by atoms with van der Waals surface area (Å²) in [7, 11) is 0. The number of halogens is 1. The second-order valence-electron chi connectivity index (χ2n) is 2.62. The van der Waals surface area contributed by atoms with Crippen molar-refractivity contribution >= 4 is 0 Å². The Balaban J connectivity index is 3.33. The maximum Gasteiger partial charge on any atom is 0.165 e. The van der Waals surface area contributed by atoms with Gasteiger partial charge in [-0.2, -0.15) is 0 Å². The van der Waals surface area contributed by atoms with Crippen molar-refractivity contribution in [2.75, 3.05) is 0 Å². The number of nitrogens with two attached hydrogens (primary N) is 1. The Hall–Kier alpha value is -1.29. The molecule has 0 aliphatic rings. The van der Waals surface area contributed by atoms with E-state index in [1.54, 1.807) is 6.92 Å². The molecule has 1 atom stereocenters. The summed E-state index contributed by atoms with van der Waals surface area (Å²) in [6.07, 6.45) is 0. The first kappa shape index (κ1) is 8.80. The first-order valence-corrected chi connectivity index (χ1v) is 3.50. The fourth-order valence-electron chi connectivity index (χ4n) is 1.02. The number of hydrogen-bond acceptors (Lipinski definition) is 3. The summed E-state index contributed by atoms with van der Waals surface area (Å²) in [5, 5.41) is 18.3. The van der Waals surface area contributed by atoms with Crippen LogP contribution >= 0.6 is 0 Å². The molecule has 3 nitrogen and oxygen atoms in total. The fourth-order valence-corrected chi connectivity index (χ4v) is 1.02. The molecule has 0 aliphatic heterocycles. The van der Waals surface area contributed by atoms with Crippen LogP contribution in [0.2, 0.25) is 0 Å². The zero-order valence-electron chi connectivity index (χ0n) is 6.58. The molecule has 1 unspecified atom stereocenters. The zero-order valence-corrected chi connectivity index (χ0v) is 6.58. The van der Waals surface area contributed by atoms with E-state index in [0.717, 1.165) is 12.1 Å². The predicted octanol–water partition coefficient (Wildman–Crippen LogP) is 1.26. The van der Waals surface area contributed by atoms with Gasteiger partial charge in [-0.05, 0) is 19.1 Å². The lowest BCUT2D eigenvalue weighted by molar-refractivity contribution is 0.403. The Labute approximate surface area is 69.3 Å². The Morgan fingerprint density at radius 1 is 1.42 bits per heavy atom. The minimum atomic E-state index is -0.778. The summed E-state index contributed by atoms with van der Waals surface area (Å²) in [5.74, 6) is -1.55. The van der Waals surface area contributed by atoms with Gasteiger partial charge in [0.15, 0.2) is 11.6 Å². The van der Waals surface area contributed by atoms with Gasteiger partial charge in [-0.25, -0.2) is 4.39 Å². The van der Waals surface area contributed by atoms with E-state index in [1.165, 1.54) is 0 Å². The van der Waals surface area contributed by atoms with Crippen molar-refractivity contribution in [1.82, 2.24) is 0 Å². The maximum atomic E-state index is 12.7. The molecular formula is C8H10FNO2. The van der Waals surface area contributed by atoms with Gasteiger partial charge >= 0.3 is 0 Å². The smallest absolute Gasteiger partial charge is 0.165 e. The molecule has 0 aliphatic carbocycles. The molecule has 4 N–H and O–H groups in total. The van der Waals surface area contributed by atoms with Gasteiger partial charge in [-0.3, -0.25) is 0 Å².